The van der Waals surface area contributed by atoms with Crippen molar-refractivity contribution in [2.75, 3.05) is 11.9 Å². The maximum Gasteiger partial charge on any atom is 0.335 e. The summed E-state index contributed by atoms with van der Waals surface area (Å²) in [7, 11) is 0. The van der Waals surface area contributed by atoms with E-state index in [0.717, 1.165) is 10.1 Å². The number of hydrogen-bond acceptors (Lipinski definition) is 8. The Morgan fingerprint density at radius 3 is 2.79 bits per heavy atom. The first-order valence-corrected chi connectivity index (χ1v) is 9.18. The number of nitrogens with two attached hydrogens (primary N) is 1. The zero-order valence-corrected chi connectivity index (χ0v) is 15.7. The van der Waals surface area contributed by atoms with Crippen LogP contribution in [0.1, 0.15) is 27.4 Å². The van der Waals surface area contributed by atoms with E-state index >= 15 is 0 Å². The van der Waals surface area contributed by atoms with E-state index in [2.05, 4.69) is 15.1 Å². The molecule has 0 aliphatic heterocycles. The summed E-state index contributed by atoms with van der Waals surface area (Å²) in [4.78, 5) is 43.0. The second-order valence-corrected chi connectivity index (χ2v) is 7.10. The summed E-state index contributed by atoms with van der Waals surface area (Å²) < 4.78 is 0.901. The van der Waals surface area contributed by atoms with Crippen molar-refractivity contribution in [3.8, 4) is 0 Å². The molecule has 3 aromatic rings. The molecule has 0 fully saturated rings. The Balaban J connectivity index is 1.89. The van der Waals surface area contributed by atoms with Gasteiger partial charge in [0.2, 0.25) is 5.91 Å². The van der Waals surface area contributed by atoms with Gasteiger partial charge >= 0.3 is 5.97 Å². The number of aromatic nitrogens is 1. The quantitative estimate of drug-likeness (QED) is 0.373. The van der Waals surface area contributed by atoms with Gasteiger partial charge in [-0.05, 0) is 40.8 Å². The van der Waals surface area contributed by atoms with Crippen LogP contribution in [0.5, 0.6) is 0 Å². The molecule has 2 aromatic heterocycles. The molecule has 0 spiro atoms. The summed E-state index contributed by atoms with van der Waals surface area (Å²) in [6.45, 7) is -0.585. The van der Waals surface area contributed by atoms with Crippen LogP contribution < -0.4 is 11.1 Å². The van der Waals surface area contributed by atoms with Crippen LogP contribution in [-0.2, 0) is 16.2 Å². The SMILES string of the molecule is NCC(C(=O)Nc1cc2ccncc2s1)c1ccc(C(=O)O)cc1CO[N+](=O)[O-]. The number of thiophene rings is 1. The Bertz CT molecular complexity index is 1050. The van der Waals surface area contributed by atoms with E-state index in [0.29, 0.717) is 10.6 Å². The maximum atomic E-state index is 12.8. The minimum atomic E-state index is -1.20. The van der Waals surface area contributed by atoms with Gasteiger partial charge in [0, 0.05) is 18.9 Å². The van der Waals surface area contributed by atoms with Gasteiger partial charge in [-0.2, -0.15) is 0 Å². The molecule has 1 atom stereocenters. The monoisotopic (exact) mass is 416 g/mol. The second-order valence-electron chi connectivity index (χ2n) is 6.02. The Morgan fingerprint density at radius 1 is 1.34 bits per heavy atom. The van der Waals surface area contributed by atoms with Gasteiger partial charge in [0.15, 0.2) is 0 Å². The molecule has 1 amide bonds. The van der Waals surface area contributed by atoms with E-state index in [-0.39, 0.29) is 17.7 Å². The Labute approximate surface area is 168 Å². The number of fused-ring (bicyclic) bond motifs is 1. The lowest BCUT2D eigenvalue weighted by Gasteiger charge is -2.18. The van der Waals surface area contributed by atoms with Crippen LogP contribution >= 0.6 is 11.3 Å². The number of nitrogens with one attached hydrogen (secondary N) is 1. The number of benzene rings is 1. The molecule has 0 aliphatic carbocycles. The molecule has 150 valence electrons. The van der Waals surface area contributed by atoms with Crippen molar-refractivity contribution in [3.63, 3.8) is 0 Å². The van der Waals surface area contributed by atoms with Crippen LogP contribution in [0.3, 0.4) is 0 Å². The van der Waals surface area contributed by atoms with Gasteiger partial charge in [-0.25, -0.2) is 4.79 Å². The smallest absolute Gasteiger partial charge is 0.335 e. The fourth-order valence-corrected chi connectivity index (χ4v) is 3.79. The normalized spacial score (nSPS) is 11.8. The number of aromatic carboxylic acids is 1. The average Bonchev–Trinajstić information content (AvgIpc) is 3.09. The number of anilines is 1. The van der Waals surface area contributed by atoms with Crippen LogP contribution in [0.4, 0.5) is 5.00 Å². The van der Waals surface area contributed by atoms with Gasteiger partial charge < -0.3 is 21.0 Å². The minimum absolute atomic E-state index is 0.0797. The topological polar surface area (TPSA) is 158 Å². The van der Waals surface area contributed by atoms with Crippen molar-refractivity contribution in [3.05, 3.63) is 69.5 Å². The highest BCUT2D eigenvalue weighted by Crippen LogP contribution is 2.30. The molecule has 0 saturated heterocycles. The lowest BCUT2D eigenvalue weighted by Crippen LogP contribution is -2.28. The molecule has 1 unspecified atom stereocenters. The van der Waals surface area contributed by atoms with E-state index in [9.17, 15) is 19.7 Å². The van der Waals surface area contributed by atoms with Crippen molar-refractivity contribution in [1.29, 1.82) is 0 Å². The zero-order valence-electron chi connectivity index (χ0n) is 14.9. The summed E-state index contributed by atoms with van der Waals surface area (Å²) in [5, 5.41) is 23.1. The van der Waals surface area contributed by atoms with Crippen molar-refractivity contribution in [2.24, 2.45) is 5.73 Å². The largest absolute Gasteiger partial charge is 0.478 e. The van der Waals surface area contributed by atoms with Crippen molar-refractivity contribution in [2.45, 2.75) is 12.5 Å². The first-order chi connectivity index (χ1) is 13.9. The first-order valence-electron chi connectivity index (χ1n) is 8.37. The van der Waals surface area contributed by atoms with Crippen molar-refractivity contribution in [1.82, 2.24) is 4.98 Å². The number of carbonyl (C=O) groups is 2. The van der Waals surface area contributed by atoms with E-state index < -0.39 is 29.5 Å². The second kappa shape index (κ2) is 8.63. The number of nitrogens with zero attached hydrogens (tertiary/aromatic N) is 2. The minimum Gasteiger partial charge on any atom is -0.478 e. The average molecular weight is 416 g/mol. The first kappa shape index (κ1) is 20.2. The molecular weight excluding hydrogens is 400 g/mol. The molecule has 2 heterocycles. The van der Waals surface area contributed by atoms with E-state index in [1.165, 1.54) is 29.5 Å². The molecule has 1 aromatic carbocycles. The Morgan fingerprint density at radius 2 is 2.14 bits per heavy atom. The van der Waals surface area contributed by atoms with Crippen molar-refractivity contribution >= 4 is 38.3 Å². The number of rotatable bonds is 8. The highest BCUT2D eigenvalue weighted by atomic mass is 32.1. The number of hydrogen-bond donors (Lipinski definition) is 3. The summed E-state index contributed by atoms with van der Waals surface area (Å²) in [6, 6.07) is 7.60. The van der Waals surface area contributed by atoms with Gasteiger partial charge in [0.25, 0.3) is 5.09 Å². The molecule has 0 aliphatic rings. The zero-order chi connectivity index (χ0) is 21.0. The third-order valence-electron chi connectivity index (χ3n) is 4.21. The molecular formula is C18H16N4O6S. The number of carboxylic acid groups (broad SMARTS) is 1. The van der Waals surface area contributed by atoms with Gasteiger partial charge in [-0.1, -0.05) is 6.07 Å². The van der Waals surface area contributed by atoms with Crippen LogP contribution in [0.25, 0.3) is 10.1 Å². The molecule has 10 nitrogen and oxygen atoms in total. The predicted octanol–water partition coefficient (Wildman–Crippen LogP) is 2.38. The molecule has 4 N–H and O–H groups in total. The fourth-order valence-electron chi connectivity index (χ4n) is 2.86. The highest BCUT2D eigenvalue weighted by molar-refractivity contribution is 7.22. The molecule has 0 radical (unpaired) electrons. The van der Waals surface area contributed by atoms with E-state index in [4.69, 9.17) is 10.8 Å². The van der Waals surface area contributed by atoms with Crippen LogP contribution in [0, 0.1) is 10.1 Å². The number of pyridine rings is 1. The fraction of sp³-hybridized carbons (Fsp3) is 0.167. The van der Waals surface area contributed by atoms with E-state index in [1.807, 2.05) is 6.07 Å². The predicted molar refractivity (Wildman–Crippen MR) is 105 cm³/mol. The summed E-state index contributed by atoms with van der Waals surface area (Å²) in [5.41, 5.74) is 6.28. The van der Waals surface area contributed by atoms with Gasteiger partial charge in [-0.15, -0.1) is 21.5 Å². The molecule has 0 saturated carbocycles. The molecule has 0 bridgehead atoms. The summed E-state index contributed by atoms with van der Waals surface area (Å²) in [5.74, 6) is -2.48. The lowest BCUT2D eigenvalue weighted by molar-refractivity contribution is -0.763. The standard InChI is InChI=1S/C18H16N4O6S/c19-7-14(17(23)21-16-6-10-3-4-20-8-15(10)29-16)13-2-1-11(18(24)25)5-12(13)9-28-22(26)27/h1-6,8,14H,7,9,19H2,(H,21,23)(H,24,25). The summed E-state index contributed by atoms with van der Waals surface area (Å²) in [6.07, 6.45) is 3.34. The van der Waals surface area contributed by atoms with Gasteiger partial charge in [0.05, 0.1) is 21.2 Å². The van der Waals surface area contributed by atoms with Crippen LogP contribution in [-0.4, -0.2) is 33.6 Å². The highest BCUT2D eigenvalue weighted by Gasteiger charge is 2.24. The van der Waals surface area contributed by atoms with Crippen molar-refractivity contribution < 1.29 is 24.6 Å². The molecule has 11 heteroatoms. The van der Waals surface area contributed by atoms with Gasteiger partial charge in [0.1, 0.15) is 6.61 Å². The number of carboxylic acids is 1. The van der Waals surface area contributed by atoms with Gasteiger partial charge in [-0.3, -0.25) is 9.78 Å². The Kier molecular flexibility index (Phi) is 6.00. The third kappa shape index (κ3) is 4.65. The number of amides is 1. The summed E-state index contributed by atoms with van der Waals surface area (Å²) >= 11 is 1.35. The van der Waals surface area contributed by atoms with E-state index in [1.54, 1.807) is 18.5 Å². The Hall–Kier alpha value is -3.57. The molecule has 29 heavy (non-hydrogen) atoms. The van der Waals surface area contributed by atoms with Crippen LogP contribution in [0.2, 0.25) is 0 Å². The lowest BCUT2D eigenvalue weighted by atomic mass is 9.92. The molecule has 3 rings (SSSR count). The number of carbonyl (C=O) groups excluding carboxylic acids is 1. The van der Waals surface area contributed by atoms with Crippen LogP contribution in [0.15, 0.2) is 42.7 Å². The third-order valence-corrected chi connectivity index (χ3v) is 5.21. The maximum absolute atomic E-state index is 12.8.